The topological polar surface area (TPSA) is 52.1 Å². The number of hydrogen-bond acceptors (Lipinski definition) is 4. The molecule has 28 heavy (non-hydrogen) atoms. The van der Waals surface area contributed by atoms with E-state index in [1.54, 1.807) is 13.1 Å². The standard InChI is InChI=1S/C21H34FN5O/c1-15(2)27-13-16(3)19(14-27)25-21(23-4)24-12-17-5-6-20(18(22)11-17)26-7-9-28-10-8-26/h5-6,11,15-16,19H,7-10,12-14H2,1-4H3,(H2,23,24,25). The van der Waals surface area contributed by atoms with Crippen LogP contribution in [0.1, 0.15) is 26.3 Å². The number of nitrogens with zero attached hydrogens (tertiary/aromatic N) is 3. The fourth-order valence-electron chi connectivity index (χ4n) is 3.89. The van der Waals surface area contributed by atoms with Crippen molar-refractivity contribution in [1.82, 2.24) is 15.5 Å². The average molecular weight is 392 g/mol. The number of guanidine groups is 1. The lowest BCUT2D eigenvalue weighted by Crippen LogP contribution is -2.46. The van der Waals surface area contributed by atoms with Crippen LogP contribution in [0.5, 0.6) is 0 Å². The molecule has 156 valence electrons. The lowest BCUT2D eigenvalue weighted by molar-refractivity contribution is 0.122. The van der Waals surface area contributed by atoms with Gasteiger partial charge in [0.05, 0.1) is 18.9 Å². The van der Waals surface area contributed by atoms with Gasteiger partial charge in [0.1, 0.15) is 5.82 Å². The third kappa shape index (κ3) is 5.14. The molecule has 0 spiro atoms. The second-order valence-corrected chi connectivity index (χ2v) is 8.09. The summed E-state index contributed by atoms with van der Waals surface area (Å²) in [6, 6.07) is 6.38. The molecule has 1 aromatic rings. The SMILES string of the molecule is CN=C(NCc1ccc(N2CCOCC2)c(F)c1)NC1CN(C(C)C)CC1C. The van der Waals surface area contributed by atoms with Crippen LogP contribution in [0, 0.1) is 11.7 Å². The van der Waals surface area contributed by atoms with E-state index in [9.17, 15) is 4.39 Å². The molecule has 2 heterocycles. The van der Waals surface area contributed by atoms with Crippen LogP contribution in [0.2, 0.25) is 0 Å². The predicted molar refractivity (Wildman–Crippen MR) is 112 cm³/mol. The van der Waals surface area contributed by atoms with E-state index < -0.39 is 0 Å². The molecule has 0 saturated carbocycles. The zero-order valence-corrected chi connectivity index (χ0v) is 17.5. The van der Waals surface area contributed by atoms with Gasteiger partial charge in [-0.15, -0.1) is 0 Å². The summed E-state index contributed by atoms with van der Waals surface area (Å²) in [5, 5.41) is 6.85. The number of hydrogen-bond donors (Lipinski definition) is 2. The Morgan fingerprint density at radius 1 is 1.29 bits per heavy atom. The molecule has 2 unspecified atom stereocenters. The molecule has 2 N–H and O–H groups in total. The van der Waals surface area contributed by atoms with Crippen molar-refractivity contribution < 1.29 is 9.13 Å². The van der Waals surface area contributed by atoms with Crippen LogP contribution in [0.4, 0.5) is 10.1 Å². The van der Waals surface area contributed by atoms with Crippen LogP contribution >= 0.6 is 0 Å². The van der Waals surface area contributed by atoms with Crippen LogP contribution in [-0.4, -0.2) is 69.4 Å². The molecule has 0 aliphatic carbocycles. The molecule has 1 aromatic carbocycles. The first-order valence-electron chi connectivity index (χ1n) is 10.3. The maximum Gasteiger partial charge on any atom is 0.191 e. The number of anilines is 1. The van der Waals surface area contributed by atoms with E-state index in [1.165, 1.54) is 0 Å². The van der Waals surface area contributed by atoms with Gasteiger partial charge in [-0.2, -0.15) is 0 Å². The highest BCUT2D eigenvalue weighted by Crippen LogP contribution is 2.22. The molecule has 0 radical (unpaired) electrons. The minimum Gasteiger partial charge on any atom is -0.378 e. The zero-order valence-electron chi connectivity index (χ0n) is 17.5. The van der Waals surface area contributed by atoms with E-state index >= 15 is 0 Å². The van der Waals surface area contributed by atoms with E-state index in [4.69, 9.17) is 4.74 Å². The first-order valence-corrected chi connectivity index (χ1v) is 10.3. The molecule has 0 amide bonds. The summed E-state index contributed by atoms with van der Waals surface area (Å²) in [5.74, 6) is 1.15. The summed E-state index contributed by atoms with van der Waals surface area (Å²) < 4.78 is 19.9. The van der Waals surface area contributed by atoms with E-state index in [2.05, 4.69) is 41.3 Å². The quantitative estimate of drug-likeness (QED) is 0.594. The maximum atomic E-state index is 14.6. The Hall–Kier alpha value is -1.86. The van der Waals surface area contributed by atoms with Gasteiger partial charge in [-0.3, -0.25) is 9.89 Å². The number of aliphatic imine (C=N–C) groups is 1. The van der Waals surface area contributed by atoms with Gasteiger partial charge in [0.25, 0.3) is 0 Å². The number of halogens is 1. The highest BCUT2D eigenvalue weighted by molar-refractivity contribution is 5.80. The molecular formula is C21H34FN5O. The fraction of sp³-hybridized carbons (Fsp3) is 0.667. The Morgan fingerprint density at radius 3 is 2.64 bits per heavy atom. The molecular weight excluding hydrogens is 357 g/mol. The number of rotatable bonds is 5. The second kappa shape index (κ2) is 9.56. The van der Waals surface area contributed by atoms with Gasteiger partial charge in [0, 0.05) is 51.9 Å². The van der Waals surface area contributed by atoms with Crippen molar-refractivity contribution in [2.75, 3.05) is 51.3 Å². The van der Waals surface area contributed by atoms with Gasteiger partial charge in [0.2, 0.25) is 0 Å². The van der Waals surface area contributed by atoms with Gasteiger partial charge in [-0.05, 0) is 37.5 Å². The Morgan fingerprint density at radius 2 is 2.04 bits per heavy atom. The summed E-state index contributed by atoms with van der Waals surface area (Å²) in [7, 11) is 1.78. The van der Waals surface area contributed by atoms with Crippen LogP contribution < -0.4 is 15.5 Å². The summed E-state index contributed by atoms with van der Waals surface area (Å²) in [6.07, 6.45) is 0. The smallest absolute Gasteiger partial charge is 0.191 e. The minimum absolute atomic E-state index is 0.180. The zero-order chi connectivity index (χ0) is 20.1. The van der Waals surface area contributed by atoms with Gasteiger partial charge >= 0.3 is 0 Å². The van der Waals surface area contributed by atoms with Crippen LogP contribution in [0.25, 0.3) is 0 Å². The number of ether oxygens (including phenoxy) is 1. The van der Waals surface area contributed by atoms with E-state index in [-0.39, 0.29) is 5.82 Å². The molecule has 0 bridgehead atoms. The summed E-state index contributed by atoms with van der Waals surface area (Å²) in [4.78, 5) is 8.87. The molecule has 7 heteroatoms. The second-order valence-electron chi connectivity index (χ2n) is 8.09. The molecule has 6 nitrogen and oxygen atoms in total. The van der Waals surface area contributed by atoms with Crippen molar-refractivity contribution in [3.8, 4) is 0 Å². The first kappa shape index (κ1) is 20.9. The molecule has 2 fully saturated rings. The Kier molecular flexibility index (Phi) is 7.13. The Labute approximate surface area is 168 Å². The molecule has 2 aliphatic rings. The van der Waals surface area contributed by atoms with Gasteiger partial charge < -0.3 is 20.3 Å². The van der Waals surface area contributed by atoms with E-state index in [0.29, 0.717) is 43.4 Å². The predicted octanol–water partition coefficient (Wildman–Crippen LogP) is 2.06. The maximum absolute atomic E-state index is 14.6. The molecule has 0 aromatic heterocycles. The van der Waals surface area contributed by atoms with Crippen molar-refractivity contribution in [3.05, 3.63) is 29.6 Å². The number of nitrogens with one attached hydrogen (secondary N) is 2. The van der Waals surface area contributed by atoms with Gasteiger partial charge in [-0.25, -0.2) is 4.39 Å². The molecule has 2 saturated heterocycles. The third-order valence-electron chi connectivity index (χ3n) is 5.74. The molecule has 2 atom stereocenters. The number of morpholine rings is 1. The summed E-state index contributed by atoms with van der Waals surface area (Å²) >= 11 is 0. The van der Waals surface area contributed by atoms with E-state index in [0.717, 1.165) is 37.7 Å². The number of benzene rings is 1. The van der Waals surface area contributed by atoms with Gasteiger partial charge in [-0.1, -0.05) is 13.0 Å². The van der Waals surface area contributed by atoms with Crippen molar-refractivity contribution in [3.63, 3.8) is 0 Å². The minimum atomic E-state index is -0.180. The van der Waals surface area contributed by atoms with Crippen molar-refractivity contribution in [2.24, 2.45) is 10.9 Å². The summed E-state index contributed by atoms with van der Waals surface area (Å²) in [5.41, 5.74) is 1.56. The monoisotopic (exact) mass is 391 g/mol. The van der Waals surface area contributed by atoms with E-state index in [1.807, 2.05) is 17.0 Å². The highest BCUT2D eigenvalue weighted by Gasteiger charge is 2.31. The first-order chi connectivity index (χ1) is 13.5. The van der Waals surface area contributed by atoms with Crippen LogP contribution in [0.15, 0.2) is 23.2 Å². The Bertz CT molecular complexity index is 675. The third-order valence-corrected chi connectivity index (χ3v) is 5.74. The fourth-order valence-corrected chi connectivity index (χ4v) is 3.89. The van der Waals surface area contributed by atoms with Crippen molar-refractivity contribution >= 4 is 11.6 Å². The average Bonchev–Trinajstić information content (AvgIpc) is 3.06. The van der Waals surface area contributed by atoms with Crippen molar-refractivity contribution in [1.29, 1.82) is 0 Å². The van der Waals surface area contributed by atoms with Crippen LogP contribution in [-0.2, 0) is 11.3 Å². The normalized spacial score (nSPS) is 24.1. The number of likely N-dealkylation sites (tertiary alicyclic amines) is 1. The van der Waals surface area contributed by atoms with Gasteiger partial charge in [0.15, 0.2) is 5.96 Å². The lowest BCUT2D eigenvalue weighted by atomic mass is 10.1. The Balaban J connectivity index is 1.54. The highest BCUT2D eigenvalue weighted by atomic mass is 19.1. The molecule has 3 rings (SSSR count). The van der Waals surface area contributed by atoms with Crippen molar-refractivity contribution in [2.45, 2.75) is 39.4 Å². The van der Waals surface area contributed by atoms with Crippen LogP contribution in [0.3, 0.4) is 0 Å². The largest absolute Gasteiger partial charge is 0.378 e. The summed E-state index contributed by atoms with van der Waals surface area (Å²) in [6.45, 7) is 12.2. The molecule has 2 aliphatic heterocycles. The lowest BCUT2D eigenvalue weighted by Gasteiger charge is -2.29.